The second kappa shape index (κ2) is 22.6. The third kappa shape index (κ3) is 16.7. The Morgan fingerprint density at radius 1 is 0.794 bits per heavy atom. The molecule has 0 aromatic heterocycles. The van der Waals surface area contributed by atoms with Crippen LogP contribution in [-0.2, 0) is 9.57 Å². The third-order valence-electron chi connectivity index (χ3n) is 7.28. The Labute approximate surface area is 210 Å². The Morgan fingerprint density at radius 2 is 1.26 bits per heavy atom. The molecule has 1 heterocycles. The summed E-state index contributed by atoms with van der Waals surface area (Å²) in [5, 5.41) is 10.3. The van der Waals surface area contributed by atoms with E-state index in [9.17, 15) is 10.1 Å². The Balaban J connectivity index is 1.94. The number of nitrogens with zero attached hydrogens (tertiary/aromatic N) is 2. The summed E-state index contributed by atoms with van der Waals surface area (Å²) in [6.45, 7) is 6.36. The van der Waals surface area contributed by atoms with Gasteiger partial charge in [0.05, 0.1) is 13.2 Å². The summed E-state index contributed by atoms with van der Waals surface area (Å²) in [7, 11) is 0. The maximum atomic E-state index is 10.9. The molecule has 0 aliphatic carbocycles. The molecule has 0 saturated carbocycles. The highest BCUT2D eigenvalue weighted by Crippen LogP contribution is 2.21. The monoisotopic (exact) mass is 484 g/mol. The van der Waals surface area contributed by atoms with Crippen molar-refractivity contribution in [2.75, 3.05) is 19.8 Å². The van der Waals surface area contributed by atoms with Gasteiger partial charge in [0.15, 0.2) is 6.23 Å². The molecule has 0 aromatic rings. The Hall–Kier alpha value is -0.880. The van der Waals surface area contributed by atoms with Crippen molar-refractivity contribution in [1.82, 2.24) is 4.90 Å². The zero-order valence-corrected chi connectivity index (χ0v) is 22.7. The van der Waals surface area contributed by atoms with Crippen molar-refractivity contribution in [3.63, 3.8) is 0 Å². The molecule has 1 aliphatic heterocycles. The van der Waals surface area contributed by atoms with Crippen LogP contribution in [-0.4, -0.2) is 42.0 Å². The molecule has 0 amide bonds. The van der Waals surface area contributed by atoms with Gasteiger partial charge in [-0.3, -0.25) is 9.74 Å². The van der Waals surface area contributed by atoms with Crippen molar-refractivity contribution in [2.45, 2.75) is 161 Å². The standard InChI is InChI=1S/C28H56N2O4/c1-3-5-6-7-8-9-10-11-12-13-14-15-16-17-18-19-20-21-23-27-26-33-25-24-29(27)28(22-4-2)34-30(31)32/h27-28H,3-26H2,1-2H3. The molecular weight excluding hydrogens is 428 g/mol. The summed E-state index contributed by atoms with van der Waals surface area (Å²) in [6, 6.07) is 0.242. The molecule has 0 radical (unpaired) electrons. The van der Waals surface area contributed by atoms with Gasteiger partial charge in [-0.15, -0.1) is 10.1 Å². The van der Waals surface area contributed by atoms with Gasteiger partial charge >= 0.3 is 0 Å². The molecule has 0 aromatic carbocycles. The first kappa shape index (κ1) is 31.2. The predicted octanol–water partition coefficient (Wildman–Crippen LogP) is 8.45. The average Bonchev–Trinajstić information content (AvgIpc) is 2.83. The normalized spacial score (nSPS) is 17.6. The van der Waals surface area contributed by atoms with Gasteiger partial charge in [0.2, 0.25) is 0 Å². The second-order valence-electron chi connectivity index (χ2n) is 10.3. The van der Waals surface area contributed by atoms with Crippen molar-refractivity contribution < 1.29 is 14.7 Å². The lowest BCUT2D eigenvalue weighted by molar-refractivity contribution is -0.775. The van der Waals surface area contributed by atoms with Crippen molar-refractivity contribution >= 4 is 0 Å². The summed E-state index contributed by atoms with van der Waals surface area (Å²) in [4.78, 5) is 18.1. The quantitative estimate of drug-likeness (QED) is 0.0781. The van der Waals surface area contributed by atoms with E-state index >= 15 is 0 Å². The van der Waals surface area contributed by atoms with Crippen LogP contribution in [0.25, 0.3) is 0 Å². The molecule has 6 heteroatoms. The van der Waals surface area contributed by atoms with Crippen LogP contribution in [0.15, 0.2) is 0 Å². The molecule has 34 heavy (non-hydrogen) atoms. The molecule has 1 fully saturated rings. The Bertz CT molecular complexity index is 464. The molecule has 1 saturated heterocycles. The molecule has 1 aliphatic rings. The first-order valence-corrected chi connectivity index (χ1v) is 14.8. The van der Waals surface area contributed by atoms with Gasteiger partial charge in [-0.1, -0.05) is 136 Å². The van der Waals surface area contributed by atoms with Crippen molar-refractivity contribution in [1.29, 1.82) is 0 Å². The molecule has 6 nitrogen and oxygen atoms in total. The van der Waals surface area contributed by atoms with E-state index in [0.29, 0.717) is 19.6 Å². The number of rotatable bonds is 24. The van der Waals surface area contributed by atoms with Gasteiger partial charge in [0, 0.05) is 12.6 Å². The molecule has 2 unspecified atom stereocenters. The summed E-state index contributed by atoms with van der Waals surface area (Å²) in [5.74, 6) is 0. The first-order chi connectivity index (χ1) is 16.7. The van der Waals surface area contributed by atoms with Gasteiger partial charge < -0.3 is 4.74 Å². The molecule has 0 bridgehead atoms. The van der Waals surface area contributed by atoms with Crippen molar-refractivity contribution in [3.05, 3.63) is 10.1 Å². The number of hydrogen-bond donors (Lipinski definition) is 0. The lowest BCUT2D eigenvalue weighted by atomic mass is 10.0. The zero-order chi connectivity index (χ0) is 24.7. The van der Waals surface area contributed by atoms with E-state index in [2.05, 4.69) is 11.8 Å². The SMILES string of the molecule is CCCCCCCCCCCCCCCCCCCCC1COCCN1C(CCC)O[N+](=O)[O-]. The van der Waals surface area contributed by atoms with Crippen LogP contribution in [0.5, 0.6) is 0 Å². The second-order valence-corrected chi connectivity index (χ2v) is 10.3. The number of morpholine rings is 1. The van der Waals surface area contributed by atoms with Crippen LogP contribution in [0.4, 0.5) is 0 Å². The molecular formula is C28H56N2O4. The van der Waals surface area contributed by atoms with Gasteiger partial charge in [0.1, 0.15) is 0 Å². The van der Waals surface area contributed by atoms with E-state index in [0.717, 1.165) is 19.4 Å². The van der Waals surface area contributed by atoms with Crippen LogP contribution in [0.3, 0.4) is 0 Å². The summed E-state index contributed by atoms with van der Waals surface area (Å²) in [5.41, 5.74) is 0. The number of ether oxygens (including phenoxy) is 1. The topological polar surface area (TPSA) is 64.8 Å². The van der Waals surface area contributed by atoms with Crippen LogP contribution in [0.1, 0.15) is 149 Å². The number of hydrogen-bond acceptors (Lipinski definition) is 5. The number of unbranched alkanes of at least 4 members (excludes halogenated alkanes) is 17. The van der Waals surface area contributed by atoms with Crippen molar-refractivity contribution in [3.8, 4) is 0 Å². The zero-order valence-electron chi connectivity index (χ0n) is 22.7. The predicted molar refractivity (Wildman–Crippen MR) is 141 cm³/mol. The van der Waals surface area contributed by atoms with Crippen LogP contribution >= 0.6 is 0 Å². The highest BCUT2D eigenvalue weighted by atomic mass is 17.0. The van der Waals surface area contributed by atoms with Crippen molar-refractivity contribution in [2.24, 2.45) is 0 Å². The lowest BCUT2D eigenvalue weighted by Gasteiger charge is -2.39. The molecule has 0 N–H and O–H groups in total. The van der Waals surface area contributed by atoms with Crippen LogP contribution in [0, 0.1) is 10.1 Å². The van der Waals surface area contributed by atoms with E-state index in [1.165, 1.54) is 116 Å². The van der Waals surface area contributed by atoms with E-state index in [1.54, 1.807) is 0 Å². The minimum absolute atomic E-state index is 0.242. The van der Waals surface area contributed by atoms with E-state index in [4.69, 9.17) is 9.57 Å². The highest BCUT2D eigenvalue weighted by molar-refractivity contribution is 4.77. The molecule has 1 rings (SSSR count). The largest absolute Gasteiger partial charge is 0.378 e. The van der Waals surface area contributed by atoms with E-state index in [1.807, 2.05) is 6.92 Å². The fourth-order valence-electron chi connectivity index (χ4n) is 5.20. The average molecular weight is 485 g/mol. The van der Waals surface area contributed by atoms with Crippen LogP contribution in [0.2, 0.25) is 0 Å². The minimum atomic E-state index is -0.636. The van der Waals surface area contributed by atoms with E-state index in [-0.39, 0.29) is 6.04 Å². The minimum Gasteiger partial charge on any atom is -0.378 e. The Kier molecular flexibility index (Phi) is 20.7. The van der Waals surface area contributed by atoms with Crippen LogP contribution < -0.4 is 0 Å². The van der Waals surface area contributed by atoms with Gasteiger partial charge in [0.25, 0.3) is 5.09 Å². The summed E-state index contributed by atoms with van der Waals surface area (Å²) in [6.07, 6.45) is 27.1. The Morgan fingerprint density at radius 3 is 1.71 bits per heavy atom. The smallest absolute Gasteiger partial charge is 0.296 e. The fourth-order valence-corrected chi connectivity index (χ4v) is 5.20. The molecule has 0 spiro atoms. The summed E-state index contributed by atoms with van der Waals surface area (Å²) >= 11 is 0. The first-order valence-electron chi connectivity index (χ1n) is 14.8. The van der Waals surface area contributed by atoms with E-state index < -0.39 is 11.3 Å². The summed E-state index contributed by atoms with van der Waals surface area (Å²) < 4.78 is 5.67. The maximum Gasteiger partial charge on any atom is 0.296 e. The fraction of sp³-hybridized carbons (Fsp3) is 1.00. The van der Waals surface area contributed by atoms with Gasteiger partial charge in [-0.25, -0.2) is 0 Å². The third-order valence-corrected chi connectivity index (χ3v) is 7.28. The van der Waals surface area contributed by atoms with Gasteiger partial charge in [-0.05, 0) is 12.8 Å². The highest BCUT2D eigenvalue weighted by Gasteiger charge is 2.30. The molecule has 202 valence electrons. The van der Waals surface area contributed by atoms with Gasteiger partial charge in [-0.2, -0.15) is 0 Å². The lowest BCUT2D eigenvalue weighted by Crippen LogP contribution is -2.52. The molecule has 2 atom stereocenters. The maximum absolute atomic E-state index is 10.9.